The number of nitrogens with one attached hydrogen (secondary N) is 1. The van der Waals surface area contributed by atoms with E-state index in [0.717, 1.165) is 44.8 Å². The highest BCUT2D eigenvalue weighted by molar-refractivity contribution is 5.42. The molecule has 2 heterocycles. The van der Waals surface area contributed by atoms with Gasteiger partial charge in [-0.3, -0.25) is 0 Å². The molecule has 1 spiro atoms. The van der Waals surface area contributed by atoms with Gasteiger partial charge < -0.3 is 14.8 Å². The average molecular weight is 261 g/mol. The number of fused-ring (bicyclic) bond motifs is 1. The van der Waals surface area contributed by atoms with Gasteiger partial charge in [0.05, 0.1) is 13.2 Å². The van der Waals surface area contributed by atoms with E-state index in [-0.39, 0.29) is 5.60 Å². The van der Waals surface area contributed by atoms with Gasteiger partial charge >= 0.3 is 0 Å². The molecule has 0 aromatic heterocycles. The summed E-state index contributed by atoms with van der Waals surface area (Å²) in [6.45, 7) is 6.94. The number of hydrogen-bond acceptors (Lipinski definition) is 3. The summed E-state index contributed by atoms with van der Waals surface area (Å²) < 4.78 is 11.9. The maximum atomic E-state index is 6.28. The number of hydrogen-bond donors (Lipinski definition) is 1. The summed E-state index contributed by atoms with van der Waals surface area (Å²) in [5.74, 6) is 1.04. The summed E-state index contributed by atoms with van der Waals surface area (Å²) in [6, 6.07) is 6.89. The van der Waals surface area contributed by atoms with E-state index in [1.165, 1.54) is 11.1 Å². The second-order valence-corrected chi connectivity index (χ2v) is 5.84. The minimum atomic E-state index is -0.104. The predicted molar refractivity (Wildman–Crippen MR) is 75.6 cm³/mol. The molecule has 2 unspecified atom stereocenters. The van der Waals surface area contributed by atoms with Crippen LogP contribution in [-0.2, 0) is 4.74 Å². The van der Waals surface area contributed by atoms with E-state index in [9.17, 15) is 0 Å². The Balaban J connectivity index is 1.91. The van der Waals surface area contributed by atoms with Crippen LogP contribution in [0.4, 0.5) is 0 Å². The van der Waals surface area contributed by atoms with Gasteiger partial charge in [0.2, 0.25) is 0 Å². The molecule has 3 heteroatoms. The van der Waals surface area contributed by atoms with E-state index in [1.54, 1.807) is 0 Å². The van der Waals surface area contributed by atoms with E-state index in [0.29, 0.717) is 6.04 Å². The average Bonchev–Trinajstić information content (AvgIpc) is 2.85. The summed E-state index contributed by atoms with van der Waals surface area (Å²) in [7, 11) is 0. The van der Waals surface area contributed by atoms with Gasteiger partial charge in [-0.2, -0.15) is 0 Å². The van der Waals surface area contributed by atoms with Crippen molar-refractivity contribution in [1.82, 2.24) is 5.32 Å². The number of rotatable bonds is 3. The molecule has 2 aliphatic rings. The lowest BCUT2D eigenvalue weighted by Gasteiger charge is -2.39. The molecule has 104 valence electrons. The molecule has 0 aliphatic carbocycles. The van der Waals surface area contributed by atoms with Crippen LogP contribution in [0, 0.1) is 6.92 Å². The predicted octanol–water partition coefficient (Wildman–Crippen LogP) is 2.98. The second-order valence-electron chi connectivity index (χ2n) is 5.84. The van der Waals surface area contributed by atoms with E-state index in [2.05, 4.69) is 37.4 Å². The Morgan fingerprint density at radius 1 is 1.42 bits per heavy atom. The van der Waals surface area contributed by atoms with Crippen molar-refractivity contribution in [2.24, 2.45) is 0 Å². The van der Waals surface area contributed by atoms with Crippen LogP contribution in [0.15, 0.2) is 18.2 Å². The zero-order chi connectivity index (χ0) is 13.3. The molecule has 19 heavy (non-hydrogen) atoms. The molecule has 0 radical (unpaired) electrons. The molecule has 1 saturated heterocycles. The van der Waals surface area contributed by atoms with Gasteiger partial charge in [-0.05, 0) is 26.0 Å². The summed E-state index contributed by atoms with van der Waals surface area (Å²) >= 11 is 0. The van der Waals surface area contributed by atoms with Crippen molar-refractivity contribution in [1.29, 1.82) is 0 Å². The summed E-state index contributed by atoms with van der Waals surface area (Å²) in [4.78, 5) is 0. The lowest BCUT2D eigenvalue weighted by molar-refractivity contribution is 0.0189. The topological polar surface area (TPSA) is 30.5 Å². The third-order valence-electron chi connectivity index (χ3n) is 4.15. The van der Waals surface area contributed by atoms with E-state index in [4.69, 9.17) is 9.47 Å². The minimum absolute atomic E-state index is 0.104. The van der Waals surface area contributed by atoms with E-state index >= 15 is 0 Å². The molecule has 3 nitrogen and oxygen atoms in total. The van der Waals surface area contributed by atoms with E-state index < -0.39 is 0 Å². The standard InChI is InChI=1S/C16H23NO2/c1-3-7-17-14-10-16(6-8-18-11-16)19-15-5-4-12(2)9-13(14)15/h4-5,9,14,17H,3,6-8,10-11H2,1-2H3. The largest absolute Gasteiger partial charge is 0.484 e. The van der Waals surface area contributed by atoms with Crippen molar-refractivity contribution >= 4 is 0 Å². The molecular weight excluding hydrogens is 238 g/mol. The molecule has 1 fully saturated rings. The summed E-state index contributed by atoms with van der Waals surface area (Å²) in [5.41, 5.74) is 2.50. The summed E-state index contributed by atoms with van der Waals surface area (Å²) in [6.07, 6.45) is 3.18. The second kappa shape index (κ2) is 5.14. The Bertz CT molecular complexity index is 452. The fourth-order valence-corrected chi connectivity index (χ4v) is 3.12. The van der Waals surface area contributed by atoms with Crippen LogP contribution in [-0.4, -0.2) is 25.4 Å². The van der Waals surface area contributed by atoms with Crippen LogP contribution in [0.3, 0.4) is 0 Å². The molecule has 3 rings (SSSR count). The van der Waals surface area contributed by atoms with Gasteiger partial charge in [-0.1, -0.05) is 24.6 Å². The smallest absolute Gasteiger partial charge is 0.136 e. The molecular formula is C16H23NO2. The highest BCUT2D eigenvalue weighted by atomic mass is 16.6. The third-order valence-corrected chi connectivity index (χ3v) is 4.15. The van der Waals surface area contributed by atoms with Gasteiger partial charge in [0.25, 0.3) is 0 Å². The lowest BCUT2D eigenvalue weighted by atomic mass is 9.86. The van der Waals surface area contributed by atoms with Crippen molar-refractivity contribution in [3.63, 3.8) is 0 Å². The van der Waals surface area contributed by atoms with Crippen LogP contribution in [0.25, 0.3) is 0 Å². The minimum Gasteiger partial charge on any atom is -0.484 e. The summed E-state index contributed by atoms with van der Waals surface area (Å²) in [5, 5.41) is 3.67. The zero-order valence-electron chi connectivity index (χ0n) is 11.9. The van der Waals surface area contributed by atoms with Crippen LogP contribution in [0.5, 0.6) is 5.75 Å². The molecule has 1 N–H and O–H groups in total. The molecule has 0 amide bonds. The Hall–Kier alpha value is -1.06. The maximum Gasteiger partial charge on any atom is 0.136 e. The normalized spacial score (nSPS) is 29.3. The first kappa shape index (κ1) is 12.9. The van der Waals surface area contributed by atoms with Crippen molar-refractivity contribution in [3.8, 4) is 5.75 Å². The van der Waals surface area contributed by atoms with Crippen molar-refractivity contribution < 1.29 is 9.47 Å². The number of ether oxygens (including phenoxy) is 2. The Morgan fingerprint density at radius 3 is 3.05 bits per heavy atom. The van der Waals surface area contributed by atoms with Gasteiger partial charge in [0.1, 0.15) is 11.4 Å². The van der Waals surface area contributed by atoms with E-state index in [1.807, 2.05) is 0 Å². The monoisotopic (exact) mass is 261 g/mol. The van der Waals surface area contributed by atoms with Gasteiger partial charge in [0, 0.05) is 24.4 Å². The lowest BCUT2D eigenvalue weighted by Crippen LogP contribution is -2.44. The number of aryl methyl sites for hydroxylation is 1. The quantitative estimate of drug-likeness (QED) is 0.907. The Morgan fingerprint density at radius 2 is 2.32 bits per heavy atom. The molecule has 1 aromatic carbocycles. The molecule has 2 aliphatic heterocycles. The van der Waals surface area contributed by atoms with Crippen LogP contribution >= 0.6 is 0 Å². The highest BCUT2D eigenvalue weighted by Gasteiger charge is 2.43. The Labute approximate surface area is 115 Å². The van der Waals surface area contributed by atoms with Crippen molar-refractivity contribution in [2.75, 3.05) is 19.8 Å². The fourth-order valence-electron chi connectivity index (χ4n) is 3.12. The van der Waals surface area contributed by atoms with Crippen molar-refractivity contribution in [3.05, 3.63) is 29.3 Å². The van der Waals surface area contributed by atoms with Crippen LogP contribution < -0.4 is 10.1 Å². The van der Waals surface area contributed by atoms with Crippen molar-refractivity contribution in [2.45, 2.75) is 44.8 Å². The van der Waals surface area contributed by atoms with Gasteiger partial charge in [-0.15, -0.1) is 0 Å². The molecule has 2 atom stereocenters. The highest BCUT2D eigenvalue weighted by Crippen LogP contribution is 2.43. The molecule has 0 bridgehead atoms. The first-order chi connectivity index (χ1) is 9.22. The first-order valence-corrected chi connectivity index (χ1v) is 7.33. The maximum absolute atomic E-state index is 6.28. The fraction of sp³-hybridized carbons (Fsp3) is 0.625. The SMILES string of the molecule is CCCNC1CC2(CCOC2)Oc2ccc(C)cc21. The van der Waals surface area contributed by atoms with Gasteiger partial charge in [0.15, 0.2) is 0 Å². The molecule has 0 saturated carbocycles. The third kappa shape index (κ3) is 2.49. The van der Waals surface area contributed by atoms with Gasteiger partial charge in [-0.25, -0.2) is 0 Å². The zero-order valence-corrected chi connectivity index (χ0v) is 11.9. The van der Waals surface area contributed by atoms with Crippen LogP contribution in [0.1, 0.15) is 43.4 Å². The number of benzene rings is 1. The van der Waals surface area contributed by atoms with Crippen LogP contribution in [0.2, 0.25) is 0 Å². The first-order valence-electron chi connectivity index (χ1n) is 7.33. The Kier molecular flexibility index (Phi) is 3.50. The molecule has 1 aromatic rings.